The van der Waals surface area contributed by atoms with Crippen molar-refractivity contribution in [3.05, 3.63) is 0 Å². The molecule has 0 aliphatic carbocycles. The summed E-state index contributed by atoms with van der Waals surface area (Å²) in [6.45, 7) is 4.05. The van der Waals surface area contributed by atoms with Crippen LogP contribution in [0.3, 0.4) is 0 Å². The van der Waals surface area contributed by atoms with Gasteiger partial charge in [0, 0.05) is 0 Å². The number of aliphatic hydroxyl groups excluding tert-OH is 4. The molecule has 0 saturated heterocycles. The number of amides is 1. The van der Waals surface area contributed by atoms with Gasteiger partial charge in [0.1, 0.15) is 12.2 Å². The highest BCUT2D eigenvalue weighted by Crippen LogP contribution is 2.17. The van der Waals surface area contributed by atoms with Gasteiger partial charge in [-0.05, 0) is 12.8 Å². The lowest BCUT2D eigenvalue weighted by atomic mass is 9.99. The molecule has 0 saturated carbocycles. The summed E-state index contributed by atoms with van der Waals surface area (Å²) in [7, 11) is 0. The SMILES string of the molecule is CCCCCCCCCCCCCCCCCCC(O)C(=O)N[C@@H](CO)[C@H](O)[C@H](O)CCCCCCCCCCCCCCCC. The molecular formula is C40H81NO5. The van der Waals surface area contributed by atoms with Crippen LogP contribution in [0.15, 0.2) is 0 Å². The van der Waals surface area contributed by atoms with Gasteiger partial charge in [-0.2, -0.15) is 0 Å². The van der Waals surface area contributed by atoms with Gasteiger partial charge in [0.2, 0.25) is 5.91 Å². The van der Waals surface area contributed by atoms with Gasteiger partial charge >= 0.3 is 0 Å². The van der Waals surface area contributed by atoms with E-state index < -0.39 is 36.9 Å². The highest BCUT2D eigenvalue weighted by atomic mass is 16.3. The average Bonchev–Trinajstić information content (AvgIpc) is 3.06. The van der Waals surface area contributed by atoms with E-state index >= 15 is 0 Å². The quantitative estimate of drug-likeness (QED) is 0.0428. The van der Waals surface area contributed by atoms with Gasteiger partial charge < -0.3 is 25.7 Å². The molecular weight excluding hydrogens is 574 g/mol. The fraction of sp³-hybridized carbons (Fsp3) is 0.975. The fourth-order valence-electron chi connectivity index (χ4n) is 6.52. The molecule has 4 atom stereocenters. The van der Waals surface area contributed by atoms with Crippen LogP contribution in [0, 0.1) is 0 Å². The van der Waals surface area contributed by atoms with Crippen LogP contribution in [-0.2, 0) is 4.79 Å². The maximum absolute atomic E-state index is 12.5. The van der Waals surface area contributed by atoms with Crippen LogP contribution in [0.2, 0.25) is 0 Å². The van der Waals surface area contributed by atoms with E-state index in [0.717, 1.165) is 38.5 Å². The summed E-state index contributed by atoms with van der Waals surface area (Å²) in [5.74, 6) is -0.581. The Labute approximate surface area is 286 Å². The van der Waals surface area contributed by atoms with E-state index in [9.17, 15) is 25.2 Å². The summed E-state index contributed by atoms with van der Waals surface area (Å²) >= 11 is 0. The number of aliphatic hydroxyl groups is 4. The minimum atomic E-state index is -1.25. The number of carbonyl (C=O) groups excluding carboxylic acids is 1. The van der Waals surface area contributed by atoms with E-state index in [2.05, 4.69) is 19.2 Å². The number of hydrogen-bond acceptors (Lipinski definition) is 5. The average molecular weight is 656 g/mol. The van der Waals surface area contributed by atoms with E-state index in [1.807, 2.05) is 0 Å². The molecule has 0 spiro atoms. The largest absolute Gasteiger partial charge is 0.394 e. The summed E-state index contributed by atoms with van der Waals surface area (Å²) in [6.07, 6.45) is 35.5. The third-order valence-electron chi connectivity index (χ3n) is 9.82. The van der Waals surface area contributed by atoms with Gasteiger partial charge in [0.15, 0.2) is 0 Å². The standard InChI is InChI=1S/C40H81NO5/c1-3-5-7-9-11-13-15-17-19-20-22-24-26-28-30-32-34-38(44)40(46)41-36(35-42)39(45)37(43)33-31-29-27-25-23-21-18-16-14-12-10-8-6-4-2/h36-39,42-45H,3-35H2,1-2H3,(H,41,46)/t36-,37+,38?,39-/m0/s1. The van der Waals surface area contributed by atoms with Gasteiger partial charge in [0.05, 0.1) is 18.8 Å². The maximum Gasteiger partial charge on any atom is 0.249 e. The number of hydrogen-bond donors (Lipinski definition) is 5. The molecule has 6 heteroatoms. The zero-order valence-electron chi connectivity index (χ0n) is 30.8. The Morgan fingerprint density at radius 1 is 0.457 bits per heavy atom. The van der Waals surface area contributed by atoms with Crippen molar-refractivity contribution in [1.82, 2.24) is 5.32 Å². The molecule has 0 bridgehead atoms. The van der Waals surface area contributed by atoms with E-state index in [1.165, 1.54) is 154 Å². The molecule has 0 fully saturated rings. The Hall–Kier alpha value is -0.690. The van der Waals surface area contributed by atoms with E-state index in [0.29, 0.717) is 12.8 Å². The van der Waals surface area contributed by atoms with Crippen LogP contribution in [0.25, 0.3) is 0 Å². The highest BCUT2D eigenvalue weighted by molar-refractivity contribution is 5.80. The molecule has 1 amide bonds. The summed E-state index contributed by atoms with van der Waals surface area (Å²) in [5.41, 5.74) is 0. The van der Waals surface area contributed by atoms with Gasteiger partial charge in [-0.25, -0.2) is 0 Å². The first kappa shape index (κ1) is 45.3. The zero-order valence-corrected chi connectivity index (χ0v) is 30.8. The second-order valence-electron chi connectivity index (χ2n) is 14.3. The predicted octanol–water partition coefficient (Wildman–Crippen LogP) is 10.1. The van der Waals surface area contributed by atoms with Crippen LogP contribution in [0.1, 0.15) is 219 Å². The van der Waals surface area contributed by atoms with Crippen molar-refractivity contribution in [1.29, 1.82) is 0 Å². The summed E-state index contributed by atoms with van der Waals surface area (Å²) in [5, 5.41) is 43.6. The first-order chi connectivity index (χ1) is 22.5. The smallest absolute Gasteiger partial charge is 0.249 e. The maximum atomic E-state index is 12.5. The molecule has 0 rings (SSSR count). The topological polar surface area (TPSA) is 110 Å². The second-order valence-corrected chi connectivity index (χ2v) is 14.3. The summed E-state index contributed by atoms with van der Waals surface area (Å²) in [6, 6.07) is -0.977. The molecule has 0 radical (unpaired) electrons. The van der Waals surface area contributed by atoms with E-state index in [4.69, 9.17) is 0 Å². The number of nitrogens with one attached hydrogen (secondary N) is 1. The Kier molecular flexibility index (Phi) is 35.1. The van der Waals surface area contributed by atoms with Gasteiger partial charge in [-0.1, -0.05) is 206 Å². The van der Waals surface area contributed by atoms with Crippen molar-refractivity contribution in [2.75, 3.05) is 6.61 Å². The Morgan fingerprint density at radius 3 is 1.04 bits per heavy atom. The molecule has 1 unspecified atom stereocenters. The van der Waals surface area contributed by atoms with Crippen LogP contribution >= 0.6 is 0 Å². The van der Waals surface area contributed by atoms with E-state index in [-0.39, 0.29) is 0 Å². The second kappa shape index (κ2) is 35.6. The molecule has 0 aromatic heterocycles. The lowest BCUT2D eigenvalue weighted by Gasteiger charge is -2.27. The molecule has 0 aromatic rings. The lowest BCUT2D eigenvalue weighted by molar-refractivity contribution is -0.132. The Balaban J connectivity index is 3.74. The van der Waals surface area contributed by atoms with Crippen molar-refractivity contribution in [2.24, 2.45) is 0 Å². The number of rotatable bonds is 37. The fourth-order valence-corrected chi connectivity index (χ4v) is 6.52. The monoisotopic (exact) mass is 656 g/mol. The molecule has 276 valence electrons. The minimum Gasteiger partial charge on any atom is -0.394 e. The van der Waals surface area contributed by atoms with Crippen molar-refractivity contribution in [2.45, 2.75) is 244 Å². The summed E-state index contributed by atoms with van der Waals surface area (Å²) in [4.78, 5) is 12.5. The Bertz CT molecular complexity index is 618. The normalized spacial score (nSPS) is 14.3. The zero-order chi connectivity index (χ0) is 33.9. The van der Waals surface area contributed by atoms with Crippen molar-refractivity contribution >= 4 is 5.91 Å². The molecule has 5 N–H and O–H groups in total. The van der Waals surface area contributed by atoms with Crippen LogP contribution < -0.4 is 5.32 Å². The molecule has 0 aliphatic rings. The van der Waals surface area contributed by atoms with Crippen LogP contribution in [0.5, 0.6) is 0 Å². The third kappa shape index (κ3) is 29.4. The molecule has 6 nitrogen and oxygen atoms in total. The van der Waals surface area contributed by atoms with Gasteiger partial charge in [0.25, 0.3) is 0 Å². The van der Waals surface area contributed by atoms with Gasteiger partial charge in [-0.3, -0.25) is 4.79 Å². The highest BCUT2D eigenvalue weighted by Gasteiger charge is 2.28. The first-order valence-corrected chi connectivity index (χ1v) is 20.4. The van der Waals surface area contributed by atoms with Crippen molar-refractivity contribution in [3.8, 4) is 0 Å². The molecule has 0 aliphatic heterocycles. The van der Waals surface area contributed by atoms with E-state index in [1.54, 1.807) is 0 Å². The first-order valence-electron chi connectivity index (χ1n) is 20.4. The third-order valence-corrected chi connectivity index (χ3v) is 9.82. The Morgan fingerprint density at radius 2 is 0.739 bits per heavy atom. The van der Waals surface area contributed by atoms with Crippen LogP contribution in [0.4, 0.5) is 0 Å². The van der Waals surface area contributed by atoms with Crippen molar-refractivity contribution in [3.63, 3.8) is 0 Å². The number of unbranched alkanes of at least 4 members (excludes halogenated alkanes) is 28. The summed E-state index contributed by atoms with van der Waals surface area (Å²) < 4.78 is 0. The minimum absolute atomic E-state index is 0.375. The molecule has 0 heterocycles. The predicted molar refractivity (Wildman–Crippen MR) is 196 cm³/mol. The molecule has 0 aromatic carbocycles. The lowest BCUT2D eigenvalue weighted by Crippen LogP contribution is -2.53. The number of carbonyl (C=O) groups is 1. The van der Waals surface area contributed by atoms with Gasteiger partial charge in [-0.15, -0.1) is 0 Å². The molecule has 46 heavy (non-hydrogen) atoms. The van der Waals surface area contributed by atoms with Crippen molar-refractivity contribution < 1.29 is 25.2 Å². The van der Waals surface area contributed by atoms with Crippen LogP contribution in [-0.4, -0.2) is 57.3 Å².